The Hall–Kier alpha value is 0.540. The molecular formula is C87H150O9P16. The van der Waals surface area contributed by atoms with E-state index >= 15 is 0 Å². The molecule has 1 aliphatic rings. The highest BCUT2D eigenvalue weighted by molar-refractivity contribution is 8.41. The van der Waals surface area contributed by atoms with Crippen LogP contribution in [0.3, 0.4) is 0 Å². The Bertz CT molecular complexity index is 2830. The molecule has 632 valence electrons. The van der Waals surface area contributed by atoms with Crippen molar-refractivity contribution in [3.8, 4) is 0 Å². The van der Waals surface area contributed by atoms with E-state index in [0.29, 0.717) is 25.5 Å². The third kappa shape index (κ3) is 88.3. The Morgan fingerprint density at radius 3 is 1.04 bits per heavy atom. The number of hydrogen-bond donors (Lipinski definition) is 0. The van der Waals surface area contributed by atoms with Crippen LogP contribution in [0.5, 0.6) is 0 Å². The minimum absolute atomic E-state index is 0.0591. The molecule has 0 aromatic carbocycles. The summed E-state index contributed by atoms with van der Waals surface area (Å²) in [6.45, 7) is 15.9. The van der Waals surface area contributed by atoms with Gasteiger partial charge in [0.1, 0.15) is 0 Å². The van der Waals surface area contributed by atoms with E-state index in [1.54, 1.807) is 0 Å². The van der Waals surface area contributed by atoms with Crippen LogP contribution in [0.4, 0.5) is 0 Å². The Morgan fingerprint density at radius 2 is 0.670 bits per heavy atom. The van der Waals surface area contributed by atoms with E-state index < -0.39 is 15.1 Å². The number of rotatable bonds is 65. The Morgan fingerprint density at radius 1 is 0.339 bits per heavy atom. The zero-order chi connectivity index (χ0) is 82.9. The van der Waals surface area contributed by atoms with E-state index in [4.69, 9.17) is 40.7 Å². The van der Waals surface area contributed by atoms with Gasteiger partial charge >= 0.3 is 0 Å². The summed E-state index contributed by atoms with van der Waals surface area (Å²) in [6, 6.07) is 0. The maximum atomic E-state index is 5.94. The van der Waals surface area contributed by atoms with Crippen LogP contribution in [-0.4, -0.2) is 55.4 Å². The van der Waals surface area contributed by atoms with Gasteiger partial charge in [-0.15, -0.1) is 0 Å². The maximum Gasteiger partial charge on any atom is 0.0844 e. The summed E-state index contributed by atoms with van der Waals surface area (Å²) >= 11 is 0. The van der Waals surface area contributed by atoms with Gasteiger partial charge in [-0.1, -0.05) is 423 Å². The summed E-state index contributed by atoms with van der Waals surface area (Å²) in [4.78, 5) is 0. The van der Waals surface area contributed by atoms with Crippen LogP contribution in [0.2, 0.25) is 0 Å². The minimum atomic E-state index is -0.545. The van der Waals surface area contributed by atoms with Crippen LogP contribution < -0.4 is 0 Å². The molecule has 0 radical (unpaired) electrons. The molecule has 1 fully saturated rings. The van der Waals surface area contributed by atoms with Crippen molar-refractivity contribution in [2.45, 2.75) is 245 Å². The summed E-state index contributed by atoms with van der Waals surface area (Å²) in [5.41, 5.74) is 0. The zero-order valence-electron chi connectivity index (χ0n) is 68.7. The lowest BCUT2D eigenvalue weighted by atomic mass is 10.1. The van der Waals surface area contributed by atoms with Crippen molar-refractivity contribution < 1.29 is 40.7 Å². The lowest BCUT2D eigenvalue weighted by molar-refractivity contribution is 0.279. The summed E-state index contributed by atoms with van der Waals surface area (Å²) in [5, 5.41) is 0. The molecule has 9 nitrogen and oxygen atoms in total. The van der Waals surface area contributed by atoms with Crippen molar-refractivity contribution in [1.82, 2.24) is 0 Å². The molecule has 0 aromatic heterocycles. The largest absolute Gasteiger partial charge is 0.358 e. The predicted octanol–water partition coefficient (Wildman–Crippen LogP) is 31.5. The molecule has 25 heteroatoms. The van der Waals surface area contributed by atoms with E-state index in [1.165, 1.54) is 25.7 Å². The molecule has 0 aromatic rings. The monoisotopic (exact) mass is 1830 g/mol. The topological polar surface area (TPSA) is 83.1 Å². The van der Waals surface area contributed by atoms with E-state index in [-0.39, 0.29) is 48.8 Å². The van der Waals surface area contributed by atoms with Crippen molar-refractivity contribution in [2.24, 2.45) is 11.8 Å². The molecule has 0 bridgehead atoms. The molecule has 0 N–H and O–H groups in total. The van der Waals surface area contributed by atoms with Gasteiger partial charge in [0, 0.05) is 63.4 Å². The van der Waals surface area contributed by atoms with Crippen molar-refractivity contribution in [2.75, 3.05) is 6.61 Å². The van der Waals surface area contributed by atoms with E-state index in [0.717, 1.165) is 140 Å². The maximum absolute atomic E-state index is 5.94. The lowest BCUT2D eigenvalue weighted by Crippen LogP contribution is -2.03. The normalized spacial score (nSPS) is 17.6. The van der Waals surface area contributed by atoms with Gasteiger partial charge in [-0.25, -0.2) is 0 Å². The second kappa shape index (κ2) is 97.0. The number of unbranched alkanes of at least 4 members (excludes halogenated alkanes) is 1. The van der Waals surface area contributed by atoms with Gasteiger partial charge in [-0.05, 0) is 127 Å². The molecule has 1 aliphatic carbocycles. The molecule has 1 saturated carbocycles. The number of allylic oxidation sites excluding steroid dienone is 33. The molecule has 0 saturated heterocycles. The van der Waals surface area contributed by atoms with Gasteiger partial charge in [-0.2, -0.15) is 0 Å². The Labute approximate surface area is 719 Å². The first-order chi connectivity index (χ1) is 54.8. The fraction of sp³-hybridized carbons (Fsp3) is 0.471. The fourth-order valence-corrected chi connectivity index (χ4v) is 15.4. The van der Waals surface area contributed by atoms with Gasteiger partial charge in [0.25, 0.3) is 0 Å². The van der Waals surface area contributed by atoms with Crippen LogP contribution in [-0.2, 0) is 40.7 Å². The van der Waals surface area contributed by atoms with E-state index in [9.17, 15) is 0 Å². The molecule has 1 rings (SSSR count). The standard InChI is InChI=1S/2C22H40O3P6.C22H37O2P3.C21H33OP/c1-3-5-9-18-22(25-31(28)29)19-13-8-12-17-21(24-30-27)16-11-7-6-10-15-20(23-26)14-4-2;1-2-16-21(24-26)17-12-9-7-5-3-4-6-8-10-13-18-22(25-30-27)19-14-11-15-20-23-31(28)29;1-3-5-14-19-22(24-27-26)20-16-13-11-9-7-6-8-10-12-15-18-21(23-25)17-4-2;1-3-5-15-19-18-20(19)16-13-11-9-7-6-8-10-12-14-17-21(4-2)22-23/h5-13,15-16,19-22,30H,3-4,14,17-18,26-29H2,1-2H3;3-4,7-14,17-18,21-22,30H,2,5-6,15-16,19-20,26-29H2,1H3;5-7,10-16,18,20-22,27H,3-4,8-9,17,19,25-26H2,1-2H3;6-7,9-14,16-17,19-21H,3-5,8,15,18,23H2,1-2H3/b7-6+,9-5-,12-8-,15-10+,16-11+,19-13+;4-3-,9-7-,10-8-,14-11-,17-12+,18-13+;7-6-,12-10-,13-11-,14-5-,18-15+,20-16+;7-6-,11-9+,12-10-,16-13+,17-14+. The van der Waals surface area contributed by atoms with Crippen LogP contribution >= 0.6 is 141 Å². The molecular weight excluding hydrogens is 1680 g/mol. The third-order valence-electron chi connectivity index (χ3n) is 15.6. The molecule has 0 spiro atoms. The molecule has 24 atom stereocenters. The van der Waals surface area contributed by atoms with Crippen LogP contribution in [0.15, 0.2) is 279 Å². The first-order valence-electron chi connectivity index (χ1n) is 39.7. The molecule has 0 amide bonds. The Balaban J connectivity index is -0.00000142. The number of hydrogen-bond acceptors (Lipinski definition) is 9. The molecule has 0 aliphatic heterocycles. The highest BCUT2D eigenvalue weighted by atomic mass is 32.4. The van der Waals surface area contributed by atoms with Gasteiger partial charge in [0.15, 0.2) is 0 Å². The predicted molar refractivity (Wildman–Crippen MR) is 554 cm³/mol. The first kappa shape index (κ1) is 117. The highest BCUT2D eigenvalue weighted by Gasteiger charge is 2.33. The molecule has 24 unspecified atom stereocenters. The second-order valence-electron chi connectivity index (χ2n) is 25.1. The van der Waals surface area contributed by atoms with Crippen molar-refractivity contribution in [3.05, 3.63) is 279 Å². The van der Waals surface area contributed by atoms with Gasteiger partial charge < -0.3 is 40.7 Å². The van der Waals surface area contributed by atoms with E-state index in [2.05, 4.69) is 404 Å². The average Bonchev–Trinajstić information content (AvgIpc) is 1.71. The molecule has 112 heavy (non-hydrogen) atoms. The van der Waals surface area contributed by atoms with Gasteiger partial charge in [0.2, 0.25) is 0 Å². The van der Waals surface area contributed by atoms with Crippen molar-refractivity contribution >= 4 is 141 Å². The zero-order valence-corrected chi connectivity index (χ0v) is 86.2. The van der Waals surface area contributed by atoms with Crippen LogP contribution in [0.1, 0.15) is 196 Å². The smallest absolute Gasteiger partial charge is 0.0844 e. The summed E-state index contributed by atoms with van der Waals surface area (Å²) in [7, 11) is 28.3. The van der Waals surface area contributed by atoms with Gasteiger partial charge in [-0.3, -0.25) is 0 Å². The van der Waals surface area contributed by atoms with Crippen molar-refractivity contribution in [3.63, 3.8) is 0 Å². The summed E-state index contributed by atoms with van der Waals surface area (Å²) in [6.07, 6.45) is 123. The molecule has 0 heterocycles. The average molecular weight is 1840 g/mol. The first-order valence-corrected chi connectivity index (χ1v) is 58.7. The van der Waals surface area contributed by atoms with Crippen LogP contribution in [0.25, 0.3) is 0 Å². The van der Waals surface area contributed by atoms with Gasteiger partial charge in [0.05, 0.1) is 70.5 Å². The summed E-state index contributed by atoms with van der Waals surface area (Å²) in [5.74, 6) is 1.82. The quantitative estimate of drug-likeness (QED) is 0.0256. The second-order valence-corrected chi connectivity index (χ2v) is 41.3. The minimum Gasteiger partial charge on any atom is -0.358 e. The Kier molecular flexibility index (Phi) is 101. The van der Waals surface area contributed by atoms with Crippen LogP contribution in [0, 0.1) is 11.8 Å². The van der Waals surface area contributed by atoms with Crippen molar-refractivity contribution in [1.29, 1.82) is 0 Å². The van der Waals surface area contributed by atoms with E-state index in [1.807, 2.05) is 24.3 Å². The third-order valence-corrected chi connectivity index (χ3v) is 22.1. The summed E-state index contributed by atoms with van der Waals surface area (Å²) < 4.78 is 49.8. The highest BCUT2D eigenvalue weighted by Crippen LogP contribution is 2.55. The SMILES string of the molecule is CC/C=C\CC(/C=C/C=C\C/C=C\C/C=C\C=C\C(CCC)OP)OPP.CC/C=C\CC(/C=C/C=C\CC(/C=C/C=C/C=C/C(CCC)OP)OPP)OP(P)P.CCCC(/C=C/C=C\C/C=C\C/C=C\C=C\C(C/C=C\CCOP(P)P)OPP)OP.CCCCC1CC1/C=C/C=C/C=C\C/C=C\C=C\C(CC)OP. The fourth-order valence-electron chi connectivity index (χ4n) is 9.49. The lowest BCUT2D eigenvalue weighted by Gasteiger charge is -2.14.